The zero-order valence-electron chi connectivity index (χ0n) is 8.94. The van der Waals surface area contributed by atoms with Crippen LogP contribution >= 0.6 is 11.6 Å². The van der Waals surface area contributed by atoms with Crippen LogP contribution in [0.3, 0.4) is 0 Å². The number of halogens is 1. The van der Waals surface area contributed by atoms with Gasteiger partial charge in [-0.1, -0.05) is 0 Å². The fourth-order valence-electron chi connectivity index (χ4n) is 1.45. The van der Waals surface area contributed by atoms with Crippen molar-refractivity contribution in [2.75, 3.05) is 25.6 Å². The van der Waals surface area contributed by atoms with E-state index < -0.39 is 0 Å². The highest BCUT2D eigenvalue weighted by Crippen LogP contribution is 2.15. The lowest BCUT2D eigenvalue weighted by Crippen LogP contribution is -2.17. The second-order valence-electron chi connectivity index (χ2n) is 3.41. The van der Waals surface area contributed by atoms with Gasteiger partial charge in [-0.05, 0) is 24.4 Å². The highest BCUT2D eigenvalue weighted by atomic mass is 35.5. The van der Waals surface area contributed by atoms with E-state index in [-0.39, 0.29) is 17.4 Å². The molecule has 1 N–H and O–H groups in total. The van der Waals surface area contributed by atoms with Gasteiger partial charge in [-0.3, -0.25) is 0 Å². The maximum atomic E-state index is 5.71. The fourth-order valence-corrected chi connectivity index (χ4v) is 1.60. The Kier molecular flexibility index (Phi) is 3.74. The molecule has 7 heteroatoms. The molecule has 0 radical (unpaired) electrons. The maximum absolute atomic E-state index is 5.71. The maximum Gasteiger partial charge on any atom is 0.322 e. The molecule has 1 aliphatic heterocycles. The summed E-state index contributed by atoms with van der Waals surface area (Å²) in [6, 6.07) is 0.222. The van der Waals surface area contributed by atoms with E-state index in [2.05, 4.69) is 20.3 Å². The van der Waals surface area contributed by atoms with E-state index in [4.69, 9.17) is 21.1 Å². The van der Waals surface area contributed by atoms with Crippen LogP contribution in [0.25, 0.3) is 0 Å². The Hall–Kier alpha value is -1.14. The number of hydrogen-bond donors (Lipinski definition) is 1. The van der Waals surface area contributed by atoms with E-state index in [9.17, 15) is 0 Å². The van der Waals surface area contributed by atoms with Crippen LogP contribution in [0.4, 0.5) is 5.95 Å². The van der Waals surface area contributed by atoms with Crippen molar-refractivity contribution in [3.05, 3.63) is 5.28 Å². The van der Waals surface area contributed by atoms with Gasteiger partial charge in [0, 0.05) is 13.7 Å². The average Bonchev–Trinajstić information content (AvgIpc) is 2.78. The van der Waals surface area contributed by atoms with Gasteiger partial charge in [-0.15, -0.1) is 0 Å². The van der Waals surface area contributed by atoms with Gasteiger partial charge in [0.25, 0.3) is 0 Å². The first-order valence-electron chi connectivity index (χ1n) is 5.11. The summed E-state index contributed by atoms with van der Waals surface area (Å²) in [5, 5.41) is 2.89. The fraction of sp³-hybridized carbons (Fsp3) is 0.667. The van der Waals surface area contributed by atoms with Crippen molar-refractivity contribution in [3.8, 4) is 6.01 Å². The summed E-state index contributed by atoms with van der Waals surface area (Å²) in [5.41, 5.74) is 0. The zero-order valence-corrected chi connectivity index (χ0v) is 9.70. The summed E-state index contributed by atoms with van der Waals surface area (Å²) in [4.78, 5) is 11.7. The molecule has 1 aliphatic rings. The Morgan fingerprint density at radius 2 is 2.38 bits per heavy atom. The molecule has 0 bridgehead atoms. The summed E-state index contributed by atoms with van der Waals surface area (Å²) >= 11 is 5.71. The monoisotopic (exact) mass is 244 g/mol. The predicted molar refractivity (Wildman–Crippen MR) is 58.9 cm³/mol. The third-order valence-corrected chi connectivity index (χ3v) is 2.40. The highest BCUT2D eigenvalue weighted by molar-refractivity contribution is 6.28. The lowest BCUT2D eigenvalue weighted by Gasteiger charge is -2.10. The minimum atomic E-state index is 0.113. The third kappa shape index (κ3) is 2.93. The summed E-state index contributed by atoms with van der Waals surface area (Å²) in [5.74, 6) is 0.391. The van der Waals surface area contributed by atoms with Crippen LogP contribution in [0.2, 0.25) is 5.28 Å². The highest BCUT2D eigenvalue weighted by Gasteiger charge is 2.17. The van der Waals surface area contributed by atoms with Crippen molar-refractivity contribution in [3.63, 3.8) is 0 Å². The smallest absolute Gasteiger partial charge is 0.322 e. The van der Waals surface area contributed by atoms with Crippen LogP contribution in [0.5, 0.6) is 6.01 Å². The van der Waals surface area contributed by atoms with Crippen LogP contribution < -0.4 is 10.1 Å². The molecule has 1 atom stereocenters. The van der Waals surface area contributed by atoms with Crippen molar-refractivity contribution in [1.82, 2.24) is 15.0 Å². The molecule has 6 nitrogen and oxygen atoms in total. The van der Waals surface area contributed by atoms with E-state index in [1.165, 1.54) is 0 Å². The first kappa shape index (κ1) is 11.3. The van der Waals surface area contributed by atoms with E-state index in [1.54, 1.807) is 7.05 Å². The van der Waals surface area contributed by atoms with Gasteiger partial charge >= 0.3 is 6.01 Å². The molecular weight excluding hydrogens is 232 g/mol. The van der Waals surface area contributed by atoms with Crippen LogP contribution in [0.15, 0.2) is 0 Å². The lowest BCUT2D eigenvalue weighted by molar-refractivity contribution is 0.0645. The van der Waals surface area contributed by atoms with Gasteiger partial charge < -0.3 is 14.8 Å². The van der Waals surface area contributed by atoms with Crippen molar-refractivity contribution >= 4 is 17.5 Å². The standard InChI is InChI=1S/C9H13ClN4O2/c1-11-8-12-7(10)13-9(14-8)16-5-6-3-2-4-15-6/h6H,2-5H2,1H3,(H,11,12,13,14). The third-order valence-electron chi connectivity index (χ3n) is 2.23. The summed E-state index contributed by atoms with van der Waals surface area (Å²) in [6.07, 6.45) is 2.22. The molecule has 1 aromatic heterocycles. The van der Waals surface area contributed by atoms with Gasteiger partial charge in [0.2, 0.25) is 11.2 Å². The second-order valence-corrected chi connectivity index (χ2v) is 3.74. The molecule has 88 valence electrons. The molecule has 2 heterocycles. The van der Waals surface area contributed by atoms with E-state index in [1.807, 2.05) is 0 Å². The Morgan fingerprint density at radius 3 is 3.06 bits per heavy atom. The van der Waals surface area contributed by atoms with Gasteiger partial charge in [0.1, 0.15) is 6.61 Å². The average molecular weight is 245 g/mol. The summed E-state index contributed by atoms with van der Waals surface area (Å²) < 4.78 is 10.8. The largest absolute Gasteiger partial charge is 0.461 e. The molecule has 0 amide bonds. The Bertz CT molecular complexity index is 357. The van der Waals surface area contributed by atoms with Crippen LogP contribution in [-0.2, 0) is 4.74 Å². The Labute approximate surface area is 98.4 Å². The normalized spacial score (nSPS) is 19.8. The van der Waals surface area contributed by atoms with Gasteiger partial charge in [-0.2, -0.15) is 15.0 Å². The number of rotatable bonds is 4. The summed E-state index contributed by atoms with van der Waals surface area (Å²) in [6.45, 7) is 1.25. The van der Waals surface area contributed by atoms with Crippen molar-refractivity contribution in [2.24, 2.45) is 0 Å². The first-order valence-corrected chi connectivity index (χ1v) is 5.49. The minimum Gasteiger partial charge on any atom is -0.461 e. The molecule has 1 unspecified atom stereocenters. The molecule has 0 aromatic carbocycles. The zero-order chi connectivity index (χ0) is 11.4. The van der Waals surface area contributed by atoms with Crippen molar-refractivity contribution in [2.45, 2.75) is 18.9 Å². The number of nitrogens with zero attached hydrogens (tertiary/aromatic N) is 3. The van der Waals surface area contributed by atoms with Gasteiger partial charge in [0.05, 0.1) is 6.10 Å². The molecule has 0 saturated carbocycles. The number of hydrogen-bond acceptors (Lipinski definition) is 6. The molecule has 1 aromatic rings. The Balaban J connectivity index is 1.94. The van der Waals surface area contributed by atoms with Crippen LogP contribution in [-0.4, -0.2) is 41.3 Å². The number of ether oxygens (including phenoxy) is 2. The molecule has 0 aliphatic carbocycles. The van der Waals surface area contributed by atoms with Crippen molar-refractivity contribution in [1.29, 1.82) is 0 Å². The molecule has 1 fully saturated rings. The minimum absolute atomic E-state index is 0.113. The van der Waals surface area contributed by atoms with Gasteiger partial charge in [-0.25, -0.2) is 0 Å². The number of nitrogens with one attached hydrogen (secondary N) is 1. The molecule has 16 heavy (non-hydrogen) atoms. The molecule has 1 saturated heterocycles. The number of anilines is 1. The van der Waals surface area contributed by atoms with E-state index in [0.717, 1.165) is 19.4 Å². The van der Waals surface area contributed by atoms with Crippen LogP contribution in [0.1, 0.15) is 12.8 Å². The topological polar surface area (TPSA) is 69.2 Å². The SMILES string of the molecule is CNc1nc(Cl)nc(OCC2CCCO2)n1. The van der Waals surface area contributed by atoms with E-state index >= 15 is 0 Å². The predicted octanol–water partition coefficient (Wildman–Crippen LogP) is 1.12. The lowest BCUT2D eigenvalue weighted by atomic mass is 10.2. The first-order chi connectivity index (χ1) is 7.78. The van der Waals surface area contributed by atoms with E-state index in [0.29, 0.717) is 12.6 Å². The number of aromatic nitrogens is 3. The van der Waals surface area contributed by atoms with Gasteiger partial charge in [0.15, 0.2) is 0 Å². The quantitative estimate of drug-likeness (QED) is 0.856. The van der Waals surface area contributed by atoms with Crippen LogP contribution in [0, 0.1) is 0 Å². The molecule has 2 rings (SSSR count). The second kappa shape index (κ2) is 5.27. The Morgan fingerprint density at radius 1 is 1.50 bits per heavy atom. The van der Waals surface area contributed by atoms with Crippen molar-refractivity contribution < 1.29 is 9.47 Å². The summed E-state index contributed by atoms with van der Waals surface area (Å²) in [7, 11) is 1.70. The molecular formula is C9H13ClN4O2. The molecule has 0 spiro atoms.